The van der Waals surface area contributed by atoms with Crippen molar-refractivity contribution in [3.8, 4) is 0 Å². The van der Waals surface area contributed by atoms with E-state index in [2.05, 4.69) is 20.1 Å². The molecule has 1 rings (SSSR count). The van der Waals surface area contributed by atoms with E-state index in [0.717, 1.165) is 0 Å². The summed E-state index contributed by atoms with van der Waals surface area (Å²) in [6.07, 6.45) is 0.450. The first kappa shape index (κ1) is 13.8. The van der Waals surface area contributed by atoms with Gasteiger partial charge in [0.1, 0.15) is 6.61 Å². The molecule has 1 aromatic rings. The molecule has 1 aromatic heterocycles. The third kappa shape index (κ3) is 5.57. The van der Waals surface area contributed by atoms with Crippen LogP contribution in [0.3, 0.4) is 0 Å². The van der Waals surface area contributed by atoms with Crippen LogP contribution in [0.2, 0.25) is 0 Å². The Bertz CT molecular complexity index is 320. The average molecular weight is 250 g/mol. The maximum Gasteiger partial charge on any atom is 0.411 e. The predicted octanol–water partition coefficient (Wildman–Crippen LogP) is 0.950. The minimum Gasteiger partial charge on any atom is -0.372 e. The van der Waals surface area contributed by atoms with Crippen LogP contribution in [0.1, 0.15) is 18.2 Å². The second-order valence-corrected chi connectivity index (χ2v) is 3.31. The quantitative estimate of drug-likeness (QED) is 0.447. The normalized spacial score (nSPS) is 13.6. The number of hydrogen-bond donors (Lipinski definition) is 2. The third-order valence-corrected chi connectivity index (χ3v) is 1.96. The Morgan fingerprint density at radius 3 is 2.71 bits per heavy atom. The number of ether oxygens (including phenoxy) is 1. The molecule has 0 fully saturated rings. The van der Waals surface area contributed by atoms with E-state index >= 15 is 0 Å². The van der Waals surface area contributed by atoms with Crippen LogP contribution in [0.5, 0.6) is 0 Å². The van der Waals surface area contributed by atoms with Crippen molar-refractivity contribution in [2.24, 2.45) is 5.84 Å². The van der Waals surface area contributed by atoms with Crippen LogP contribution in [0.25, 0.3) is 0 Å². The first-order valence-corrected chi connectivity index (χ1v) is 4.89. The molecule has 0 saturated heterocycles. The summed E-state index contributed by atoms with van der Waals surface area (Å²) in [5.74, 6) is 5.28. The van der Waals surface area contributed by atoms with Crippen LogP contribution in [-0.2, 0) is 4.74 Å². The summed E-state index contributed by atoms with van der Waals surface area (Å²) in [7, 11) is 0. The van der Waals surface area contributed by atoms with Gasteiger partial charge in [0.15, 0.2) is 0 Å². The van der Waals surface area contributed by atoms with Crippen molar-refractivity contribution in [3.63, 3.8) is 0 Å². The van der Waals surface area contributed by atoms with Crippen molar-refractivity contribution in [2.45, 2.75) is 18.6 Å². The van der Waals surface area contributed by atoms with Crippen molar-refractivity contribution in [1.82, 2.24) is 15.4 Å². The second-order valence-electron chi connectivity index (χ2n) is 3.31. The Labute approximate surface area is 96.2 Å². The summed E-state index contributed by atoms with van der Waals surface area (Å²) in [6.45, 7) is -1.32. The Morgan fingerprint density at radius 1 is 1.41 bits per heavy atom. The molecule has 96 valence electrons. The standard InChI is InChI=1S/C9H13F3N4O/c10-9(11,12)6-17-4-1-7(16-13)8-5-14-2-3-15-8/h2-3,5,7,16H,1,4,6,13H2. The zero-order chi connectivity index (χ0) is 12.7. The van der Waals surface area contributed by atoms with E-state index in [4.69, 9.17) is 5.84 Å². The lowest BCUT2D eigenvalue weighted by Crippen LogP contribution is -2.30. The molecule has 0 aromatic carbocycles. The van der Waals surface area contributed by atoms with E-state index in [0.29, 0.717) is 5.69 Å². The maximum atomic E-state index is 11.8. The van der Waals surface area contributed by atoms with Gasteiger partial charge >= 0.3 is 6.18 Å². The van der Waals surface area contributed by atoms with E-state index in [1.165, 1.54) is 18.6 Å². The number of alkyl halides is 3. The molecule has 0 aliphatic carbocycles. The SMILES string of the molecule is NNC(CCOCC(F)(F)F)c1cnccn1. The molecule has 0 radical (unpaired) electrons. The van der Waals surface area contributed by atoms with Crippen LogP contribution in [0.15, 0.2) is 18.6 Å². The molecule has 0 spiro atoms. The number of rotatable bonds is 6. The zero-order valence-electron chi connectivity index (χ0n) is 8.94. The highest BCUT2D eigenvalue weighted by Gasteiger charge is 2.27. The minimum absolute atomic E-state index is 0.0645. The van der Waals surface area contributed by atoms with E-state index in [1.807, 2.05) is 0 Å². The van der Waals surface area contributed by atoms with Gasteiger partial charge in [0.05, 0.1) is 17.9 Å². The smallest absolute Gasteiger partial charge is 0.372 e. The monoisotopic (exact) mass is 250 g/mol. The van der Waals surface area contributed by atoms with Crippen LogP contribution >= 0.6 is 0 Å². The van der Waals surface area contributed by atoms with Gasteiger partial charge in [0.25, 0.3) is 0 Å². The number of hydrogen-bond acceptors (Lipinski definition) is 5. The highest BCUT2D eigenvalue weighted by Crippen LogP contribution is 2.16. The number of hydrazine groups is 1. The molecule has 1 atom stereocenters. The van der Waals surface area contributed by atoms with Crippen molar-refractivity contribution in [2.75, 3.05) is 13.2 Å². The average Bonchev–Trinajstić information content (AvgIpc) is 2.29. The van der Waals surface area contributed by atoms with Crippen molar-refractivity contribution >= 4 is 0 Å². The molecule has 0 amide bonds. The Hall–Kier alpha value is -1.25. The highest BCUT2D eigenvalue weighted by atomic mass is 19.4. The highest BCUT2D eigenvalue weighted by molar-refractivity contribution is 5.01. The van der Waals surface area contributed by atoms with Gasteiger partial charge in [-0.25, -0.2) is 0 Å². The summed E-state index contributed by atoms with van der Waals surface area (Å²) < 4.78 is 39.9. The summed E-state index contributed by atoms with van der Waals surface area (Å²) in [6, 6.07) is -0.378. The van der Waals surface area contributed by atoms with Gasteiger partial charge < -0.3 is 4.74 Å². The molecule has 3 N–H and O–H groups in total. The molecule has 0 aliphatic heterocycles. The first-order valence-electron chi connectivity index (χ1n) is 4.89. The second kappa shape index (κ2) is 6.48. The summed E-state index contributed by atoms with van der Waals surface area (Å²) in [4.78, 5) is 7.84. The lowest BCUT2D eigenvalue weighted by Gasteiger charge is -2.15. The summed E-state index contributed by atoms with van der Waals surface area (Å²) in [5, 5.41) is 0. The van der Waals surface area contributed by atoms with Crippen LogP contribution in [0.4, 0.5) is 13.2 Å². The molecule has 0 aliphatic rings. The molecule has 1 heterocycles. The molecule has 8 heteroatoms. The van der Waals surface area contributed by atoms with Gasteiger partial charge in [-0.15, -0.1) is 0 Å². The number of nitrogens with one attached hydrogen (secondary N) is 1. The van der Waals surface area contributed by atoms with E-state index < -0.39 is 12.8 Å². The fourth-order valence-electron chi connectivity index (χ4n) is 1.20. The molecule has 0 saturated carbocycles. The van der Waals surface area contributed by atoms with Crippen LogP contribution < -0.4 is 11.3 Å². The van der Waals surface area contributed by atoms with Gasteiger partial charge in [0, 0.05) is 19.0 Å². The molecular formula is C9H13F3N4O. The fraction of sp³-hybridized carbons (Fsp3) is 0.556. The van der Waals surface area contributed by atoms with E-state index in [-0.39, 0.29) is 19.1 Å². The van der Waals surface area contributed by atoms with Crippen molar-refractivity contribution in [3.05, 3.63) is 24.3 Å². The summed E-state index contributed by atoms with van der Waals surface area (Å²) >= 11 is 0. The number of halogens is 3. The minimum atomic E-state index is -4.31. The van der Waals surface area contributed by atoms with Crippen molar-refractivity contribution in [1.29, 1.82) is 0 Å². The summed E-state index contributed by atoms with van der Waals surface area (Å²) in [5.41, 5.74) is 3.01. The third-order valence-electron chi connectivity index (χ3n) is 1.96. The van der Waals surface area contributed by atoms with Gasteiger partial charge in [0.2, 0.25) is 0 Å². The molecule has 17 heavy (non-hydrogen) atoms. The van der Waals surface area contributed by atoms with Crippen LogP contribution in [0, 0.1) is 0 Å². The lowest BCUT2D eigenvalue weighted by atomic mass is 10.1. The van der Waals surface area contributed by atoms with Gasteiger partial charge in [-0.1, -0.05) is 0 Å². The predicted molar refractivity (Wildman–Crippen MR) is 53.6 cm³/mol. The van der Waals surface area contributed by atoms with Gasteiger partial charge in [-0.05, 0) is 6.42 Å². The number of nitrogens with two attached hydrogens (primary N) is 1. The topological polar surface area (TPSA) is 73.1 Å². The fourth-order valence-corrected chi connectivity index (χ4v) is 1.20. The Morgan fingerprint density at radius 2 is 2.18 bits per heavy atom. The van der Waals surface area contributed by atoms with E-state index in [1.54, 1.807) is 0 Å². The zero-order valence-corrected chi connectivity index (χ0v) is 8.94. The lowest BCUT2D eigenvalue weighted by molar-refractivity contribution is -0.174. The molecule has 0 bridgehead atoms. The Balaban J connectivity index is 2.34. The van der Waals surface area contributed by atoms with E-state index in [9.17, 15) is 13.2 Å². The largest absolute Gasteiger partial charge is 0.411 e. The Kier molecular flexibility index (Phi) is 5.26. The van der Waals surface area contributed by atoms with Crippen LogP contribution in [-0.4, -0.2) is 29.4 Å². The van der Waals surface area contributed by atoms with Gasteiger partial charge in [-0.2, -0.15) is 13.2 Å². The maximum absolute atomic E-state index is 11.8. The molecule has 1 unspecified atom stereocenters. The molecule has 5 nitrogen and oxygen atoms in total. The number of nitrogens with zero attached hydrogens (tertiary/aromatic N) is 2. The number of aromatic nitrogens is 2. The molecular weight excluding hydrogens is 237 g/mol. The van der Waals surface area contributed by atoms with Crippen molar-refractivity contribution < 1.29 is 17.9 Å². The first-order chi connectivity index (χ1) is 8.03. The van der Waals surface area contributed by atoms with Gasteiger partial charge in [-0.3, -0.25) is 21.2 Å².